The van der Waals surface area contributed by atoms with Crippen molar-refractivity contribution in [2.75, 3.05) is 12.7 Å². The fourth-order valence-corrected chi connectivity index (χ4v) is 2.08. The Morgan fingerprint density at radius 2 is 1.81 bits per heavy atom. The van der Waals surface area contributed by atoms with Gasteiger partial charge in [0.15, 0.2) is 0 Å². The number of carbonyl (C=O) groups is 4. The SMILES string of the molecule is NC(=O)[C@H](CNC(=O)CCP(=O)(O)O)N1C(=O)C=CC1=O. The molecule has 0 saturated carbocycles. The summed E-state index contributed by atoms with van der Waals surface area (Å²) in [5.74, 6) is -3.19. The van der Waals surface area contributed by atoms with E-state index in [1.165, 1.54) is 0 Å². The zero-order valence-electron chi connectivity index (χ0n) is 10.8. The third kappa shape index (κ3) is 5.10. The Morgan fingerprint density at radius 1 is 1.29 bits per heavy atom. The number of carbonyl (C=O) groups excluding carboxylic acids is 4. The zero-order valence-corrected chi connectivity index (χ0v) is 11.7. The molecule has 0 bridgehead atoms. The van der Waals surface area contributed by atoms with E-state index >= 15 is 0 Å². The van der Waals surface area contributed by atoms with E-state index < -0.39 is 56.4 Å². The lowest BCUT2D eigenvalue weighted by atomic mass is 10.2. The Kier molecular flexibility index (Phi) is 5.36. The molecule has 116 valence electrons. The molecular weight excluding hydrogens is 305 g/mol. The first-order chi connectivity index (χ1) is 9.61. The molecule has 0 radical (unpaired) electrons. The molecule has 10 nitrogen and oxygen atoms in total. The van der Waals surface area contributed by atoms with Gasteiger partial charge >= 0.3 is 7.60 Å². The average molecular weight is 319 g/mol. The van der Waals surface area contributed by atoms with Gasteiger partial charge in [-0.15, -0.1) is 0 Å². The summed E-state index contributed by atoms with van der Waals surface area (Å²) >= 11 is 0. The zero-order chi connectivity index (χ0) is 16.2. The van der Waals surface area contributed by atoms with Gasteiger partial charge < -0.3 is 20.8 Å². The third-order valence-electron chi connectivity index (χ3n) is 2.61. The Bertz CT molecular complexity index is 535. The fraction of sp³-hybridized carbons (Fsp3) is 0.400. The molecule has 0 aromatic carbocycles. The summed E-state index contributed by atoms with van der Waals surface area (Å²) in [6.45, 7) is -0.422. The standard InChI is InChI=1S/C10H14N3O7P/c11-10(17)6(13-8(15)1-2-9(13)16)5-12-7(14)3-4-21(18,19)20/h1-2,6H,3-5H2,(H2,11,17)(H,12,14)(H2,18,19,20)/t6-/m0/s1. The second-order valence-corrected chi connectivity index (χ2v) is 6.02. The second-order valence-electron chi connectivity index (χ2n) is 4.24. The molecule has 0 saturated heterocycles. The van der Waals surface area contributed by atoms with Crippen LogP contribution in [-0.2, 0) is 23.7 Å². The van der Waals surface area contributed by atoms with Crippen molar-refractivity contribution < 1.29 is 33.5 Å². The average Bonchev–Trinajstić information content (AvgIpc) is 2.67. The maximum atomic E-state index is 11.4. The number of hydrogen-bond acceptors (Lipinski definition) is 5. The van der Waals surface area contributed by atoms with Crippen LogP contribution in [0.1, 0.15) is 6.42 Å². The number of hydrogen-bond donors (Lipinski definition) is 4. The van der Waals surface area contributed by atoms with Crippen molar-refractivity contribution in [3.05, 3.63) is 12.2 Å². The lowest BCUT2D eigenvalue weighted by Crippen LogP contribution is -2.53. The first-order valence-corrected chi connectivity index (χ1v) is 7.57. The van der Waals surface area contributed by atoms with Gasteiger partial charge in [-0.1, -0.05) is 0 Å². The van der Waals surface area contributed by atoms with Crippen molar-refractivity contribution in [2.45, 2.75) is 12.5 Å². The van der Waals surface area contributed by atoms with E-state index in [0.717, 1.165) is 12.2 Å². The Hall–Kier alpha value is -2.03. The lowest BCUT2D eigenvalue weighted by Gasteiger charge is -2.23. The first kappa shape index (κ1) is 17.0. The number of primary amides is 1. The highest BCUT2D eigenvalue weighted by Crippen LogP contribution is 2.34. The van der Waals surface area contributed by atoms with Crippen LogP contribution in [0.5, 0.6) is 0 Å². The smallest absolute Gasteiger partial charge is 0.326 e. The van der Waals surface area contributed by atoms with Gasteiger partial charge in [0.2, 0.25) is 11.8 Å². The summed E-state index contributed by atoms with van der Waals surface area (Å²) < 4.78 is 10.6. The molecule has 0 unspecified atom stereocenters. The van der Waals surface area contributed by atoms with Crippen LogP contribution < -0.4 is 11.1 Å². The molecule has 1 rings (SSSR count). The van der Waals surface area contributed by atoms with Gasteiger partial charge in [-0.2, -0.15) is 0 Å². The van der Waals surface area contributed by atoms with E-state index in [-0.39, 0.29) is 0 Å². The molecule has 1 heterocycles. The van der Waals surface area contributed by atoms with Crippen molar-refractivity contribution in [3.8, 4) is 0 Å². The largest absolute Gasteiger partial charge is 0.368 e. The van der Waals surface area contributed by atoms with Crippen LogP contribution in [0, 0.1) is 0 Å². The minimum Gasteiger partial charge on any atom is -0.368 e. The molecule has 4 amide bonds. The minimum absolute atomic E-state index is 0.422. The predicted octanol–water partition coefficient (Wildman–Crippen LogP) is -2.55. The van der Waals surface area contributed by atoms with Gasteiger partial charge in [0.05, 0.1) is 6.16 Å². The van der Waals surface area contributed by atoms with Crippen LogP contribution >= 0.6 is 7.60 Å². The summed E-state index contributed by atoms with van der Waals surface area (Å²) in [6, 6.07) is -1.36. The minimum atomic E-state index is -4.31. The predicted molar refractivity (Wildman–Crippen MR) is 68.5 cm³/mol. The van der Waals surface area contributed by atoms with Crippen LogP contribution in [0.15, 0.2) is 12.2 Å². The van der Waals surface area contributed by atoms with Gasteiger partial charge in [-0.05, 0) is 0 Å². The molecule has 1 aliphatic rings. The number of nitrogens with one attached hydrogen (secondary N) is 1. The van der Waals surface area contributed by atoms with Gasteiger partial charge in [-0.25, -0.2) is 0 Å². The first-order valence-electron chi connectivity index (χ1n) is 5.77. The van der Waals surface area contributed by atoms with Crippen LogP contribution in [-0.4, -0.2) is 57.1 Å². The van der Waals surface area contributed by atoms with Gasteiger partial charge in [-0.3, -0.25) is 28.6 Å². The van der Waals surface area contributed by atoms with Crippen molar-refractivity contribution in [1.29, 1.82) is 0 Å². The summed E-state index contributed by atoms with van der Waals surface area (Å²) in [4.78, 5) is 63.4. The topological polar surface area (TPSA) is 167 Å². The molecule has 0 spiro atoms. The molecule has 21 heavy (non-hydrogen) atoms. The van der Waals surface area contributed by atoms with Crippen molar-refractivity contribution >= 4 is 31.2 Å². The highest BCUT2D eigenvalue weighted by atomic mass is 31.2. The van der Waals surface area contributed by atoms with E-state index in [0.29, 0.717) is 4.90 Å². The monoisotopic (exact) mass is 319 g/mol. The highest BCUT2D eigenvalue weighted by molar-refractivity contribution is 7.51. The van der Waals surface area contributed by atoms with E-state index in [4.69, 9.17) is 15.5 Å². The highest BCUT2D eigenvalue weighted by Gasteiger charge is 2.34. The second kappa shape index (κ2) is 6.61. The molecule has 5 N–H and O–H groups in total. The quantitative estimate of drug-likeness (QED) is 0.296. The van der Waals surface area contributed by atoms with Crippen molar-refractivity contribution in [1.82, 2.24) is 10.2 Å². The van der Waals surface area contributed by atoms with Crippen LogP contribution in [0.2, 0.25) is 0 Å². The van der Waals surface area contributed by atoms with E-state index in [9.17, 15) is 23.7 Å². The van der Waals surface area contributed by atoms with Gasteiger partial charge in [0.1, 0.15) is 6.04 Å². The molecule has 1 atom stereocenters. The normalized spacial score (nSPS) is 16.2. The summed E-state index contributed by atoms with van der Waals surface area (Å²) in [5, 5.41) is 2.20. The number of imide groups is 1. The van der Waals surface area contributed by atoms with Crippen LogP contribution in [0.3, 0.4) is 0 Å². The molecule has 0 aliphatic carbocycles. The van der Waals surface area contributed by atoms with E-state index in [2.05, 4.69) is 5.32 Å². The van der Waals surface area contributed by atoms with Crippen molar-refractivity contribution in [3.63, 3.8) is 0 Å². The summed E-state index contributed by atoms with van der Waals surface area (Å²) in [5.41, 5.74) is 5.08. The Labute approximate surface area is 119 Å². The molecule has 1 aliphatic heterocycles. The Morgan fingerprint density at radius 3 is 2.24 bits per heavy atom. The van der Waals surface area contributed by atoms with Crippen molar-refractivity contribution in [2.24, 2.45) is 5.73 Å². The Balaban J connectivity index is 2.59. The molecule has 0 aromatic rings. The molecule has 11 heteroatoms. The number of amides is 4. The summed E-state index contributed by atoms with van der Waals surface area (Å²) in [7, 11) is -4.31. The van der Waals surface area contributed by atoms with Crippen LogP contribution in [0.4, 0.5) is 0 Å². The summed E-state index contributed by atoms with van der Waals surface area (Å²) in [6.07, 6.45) is 0.820. The van der Waals surface area contributed by atoms with E-state index in [1.807, 2.05) is 0 Å². The molecule has 0 fully saturated rings. The van der Waals surface area contributed by atoms with E-state index in [1.54, 1.807) is 0 Å². The maximum Gasteiger partial charge on any atom is 0.326 e. The fourth-order valence-electron chi connectivity index (χ4n) is 1.58. The maximum absolute atomic E-state index is 11.4. The lowest BCUT2D eigenvalue weighted by molar-refractivity contribution is -0.144. The van der Waals surface area contributed by atoms with Gasteiger partial charge in [0.25, 0.3) is 11.8 Å². The molecular formula is C10H14N3O7P. The number of nitrogens with zero attached hydrogens (tertiary/aromatic N) is 1. The van der Waals surface area contributed by atoms with Gasteiger partial charge in [0, 0.05) is 25.1 Å². The van der Waals surface area contributed by atoms with Crippen LogP contribution in [0.25, 0.3) is 0 Å². The molecule has 0 aromatic heterocycles. The number of nitrogens with two attached hydrogens (primary N) is 1. The third-order valence-corrected chi connectivity index (χ3v) is 3.41. The number of rotatable bonds is 7.